The van der Waals surface area contributed by atoms with E-state index in [1.807, 2.05) is 30.3 Å². The molecule has 0 fully saturated rings. The molecule has 9 heteroatoms. The van der Waals surface area contributed by atoms with Gasteiger partial charge in [-0.25, -0.2) is 14.3 Å². The summed E-state index contributed by atoms with van der Waals surface area (Å²) in [4.78, 5) is 42.5. The van der Waals surface area contributed by atoms with Gasteiger partial charge in [0.1, 0.15) is 6.54 Å². The highest BCUT2D eigenvalue weighted by Gasteiger charge is 2.19. The third-order valence-corrected chi connectivity index (χ3v) is 4.39. The minimum atomic E-state index is -0.612. The van der Waals surface area contributed by atoms with Gasteiger partial charge in [0.2, 0.25) is 5.91 Å². The first kappa shape index (κ1) is 20.1. The Balaban J connectivity index is 2.15. The van der Waals surface area contributed by atoms with E-state index < -0.39 is 23.7 Å². The smallest absolute Gasteiger partial charge is 0.333 e. The number of terminal acetylenes is 1. The molecular weight excluding hydrogens is 374 g/mol. The van der Waals surface area contributed by atoms with Crippen molar-refractivity contribution in [3.63, 3.8) is 0 Å². The average Bonchev–Trinajstić information content (AvgIpc) is 3.16. The number of imidazole rings is 1. The largest absolute Gasteiger partial charge is 0.383 e. The number of amides is 1. The van der Waals surface area contributed by atoms with Gasteiger partial charge < -0.3 is 14.6 Å². The highest BCUT2D eigenvalue weighted by Crippen LogP contribution is 2.09. The van der Waals surface area contributed by atoms with Crippen molar-refractivity contribution in [1.82, 2.24) is 24.0 Å². The summed E-state index contributed by atoms with van der Waals surface area (Å²) in [5.74, 6) is 1.77. The third-order valence-electron chi connectivity index (χ3n) is 4.39. The van der Waals surface area contributed by atoms with Gasteiger partial charge in [0.25, 0.3) is 5.56 Å². The Morgan fingerprint density at radius 1 is 1.24 bits per heavy atom. The first-order valence-corrected chi connectivity index (χ1v) is 8.98. The molecule has 150 valence electrons. The van der Waals surface area contributed by atoms with Crippen LogP contribution in [0.1, 0.15) is 5.56 Å². The molecule has 2 aromatic heterocycles. The van der Waals surface area contributed by atoms with E-state index in [1.54, 1.807) is 11.7 Å². The number of hydrogen-bond donors (Lipinski definition) is 1. The molecule has 1 aromatic carbocycles. The summed E-state index contributed by atoms with van der Waals surface area (Å²) in [7, 11) is 1.55. The van der Waals surface area contributed by atoms with Gasteiger partial charge in [-0.3, -0.25) is 14.2 Å². The van der Waals surface area contributed by atoms with E-state index in [0.717, 1.165) is 10.1 Å². The summed E-state index contributed by atoms with van der Waals surface area (Å²) in [6, 6.07) is 9.33. The fraction of sp³-hybridized carbons (Fsp3) is 0.300. The normalized spacial score (nSPS) is 10.8. The van der Waals surface area contributed by atoms with Crippen molar-refractivity contribution in [2.24, 2.45) is 0 Å². The van der Waals surface area contributed by atoms with Gasteiger partial charge in [0.15, 0.2) is 11.2 Å². The number of nitrogens with zero attached hydrogens (tertiary/aromatic N) is 4. The van der Waals surface area contributed by atoms with Crippen LogP contribution in [0.25, 0.3) is 11.2 Å². The number of carbonyl (C=O) groups is 1. The summed E-state index contributed by atoms with van der Waals surface area (Å²) in [5, 5.41) is 2.47. The molecule has 3 aromatic rings. The molecule has 0 radical (unpaired) electrons. The summed E-state index contributed by atoms with van der Waals surface area (Å²) in [5.41, 5.74) is 0.171. The third kappa shape index (κ3) is 4.28. The number of carbonyl (C=O) groups excluding carboxylic acids is 1. The Labute approximate surface area is 166 Å². The van der Waals surface area contributed by atoms with Crippen LogP contribution in [0.3, 0.4) is 0 Å². The lowest BCUT2D eigenvalue weighted by Crippen LogP contribution is -2.44. The molecule has 2 heterocycles. The average molecular weight is 395 g/mol. The van der Waals surface area contributed by atoms with Crippen LogP contribution >= 0.6 is 0 Å². The number of aromatic nitrogens is 4. The molecule has 0 aliphatic heterocycles. The van der Waals surface area contributed by atoms with Gasteiger partial charge in [-0.15, -0.1) is 6.42 Å². The van der Waals surface area contributed by atoms with Crippen molar-refractivity contribution in [2.75, 3.05) is 20.3 Å². The van der Waals surface area contributed by atoms with Crippen LogP contribution in [0.5, 0.6) is 0 Å². The number of benzene rings is 1. The van der Waals surface area contributed by atoms with E-state index >= 15 is 0 Å². The lowest BCUT2D eigenvalue weighted by molar-refractivity contribution is -0.121. The van der Waals surface area contributed by atoms with Gasteiger partial charge in [0, 0.05) is 13.7 Å². The van der Waals surface area contributed by atoms with Crippen molar-refractivity contribution >= 4 is 17.1 Å². The molecule has 29 heavy (non-hydrogen) atoms. The second-order valence-electron chi connectivity index (χ2n) is 6.33. The van der Waals surface area contributed by atoms with E-state index in [1.165, 1.54) is 10.9 Å². The van der Waals surface area contributed by atoms with Crippen molar-refractivity contribution in [3.8, 4) is 12.3 Å². The zero-order valence-corrected chi connectivity index (χ0v) is 16.0. The van der Waals surface area contributed by atoms with E-state index in [2.05, 4.69) is 16.2 Å². The van der Waals surface area contributed by atoms with Crippen LogP contribution in [0.15, 0.2) is 46.2 Å². The molecule has 0 unspecified atom stereocenters. The summed E-state index contributed by atoms with van der Waals surface area (Å²) < 4.78 is 9.00. The van der Waals surface area contributed by atoms with Crippen LogP contribution in [-0.4, -0.2) is 44.9 Å². The van der Waals surface area contributed by atoms with E-state index in [9.17, 15) is 14.4 Å². The van der Waals surface area contributed by atoms with Gasteiger partial charge in [-0.05, 0) is 5.56 Å². The first-order valence-electron chi connectivity index (χ1n) is 8.98. The van der Waals surface area contributed by atoms with Crippen molar-refractivity contribution < 1.29 is 9.53 Å². The Morgan fingerprint density at radius 2 is 2.00 bits per heavy atom. The Morgan fingerprint density at radius 3 is 2.69 bits per heavy atom. The lowest BCUT2D eigenvalue weighted by atomic mass is 10.2. The molecule has 0 saturated carbocycles. The summed E-state index contributed by atoms with van der Waals surface area (Å²) in [6.07, 6.45) is 6.64. The maximum atomic E-state index is 13.1. The molecule has 0 bridgehead atoms. The molecule has 0 atom stereocenters. The topological polar surface area (TPSA) is 100 Å². The summed E-state index contributed by atoms with van der Waals surface area (Å²) >= 11 is 0. The Hall–Kier alpha value is -3.64. The second kappa shape index (κ2) is 9.03. The SMILES string of the molecule is C#CCNC(=O)Cn1c(=O)c2c(ncn2CCOC)n(Cc2ccccc2)c1=O. The standard InChI is InChI=1S/C20H21N5O4/c1-3-9-21-16(26)13-25-19(27)17-18(22-14-23(17)10-11-29-2)24(20(25)28)12-15-7-5-4-6-8-15/h1,4-8,14H,9-13H2,2H3,(H,21,26). The predicted octanol–water partition coefficient (Wildman–Crippen LogP) is -0.196. The van der Waals surface area contributed by atoms with Gasteiger partial charge in [-0.1, -0.05) is 36.3 Å². The maximum absolute atomic E-state index is 13.1. The van der Waals surface area contributed by atoms with Gasteiger partial charge in [0.05, 0.1) is 26.0 Å². The molecule has 1 N–H and O–H groups in total. The van der Waals surface area contributed by atoms with Crippen molar-refractivity contribution in [2.45, 2.75) is 19.6 Å². The lowest BCUT2D eigenvalue weighted by Gasteiger charge is -2.12. The number of ether oxygens (including phenoxy) is 1. The maximum Gasteiger partial charge on any atom is 0.333 e. The van der Waals surface area contributed by atoms with Crippen LogP contribution < -0.4 is 16.6 Å². The Kier molecular flexibility index (Phi) is 6.26. The molecule has 0 saturated heterocycles. The fourth-order valence-electron chi connectivity index (χ4n) is 2.99. The molecular formula is C20H21N5O4. The molecule has 0 spiro atoms. The minimum absolute atomic E-state index is 0.0137. The molecule has 9 nitrogen and oxygen atoms in total. The van der Waals surface area contributed by atoms with E-state index in [-0.39, 0.29) is 24.3 Å². The van der Waals surface area contributed by atoms with Gasteiger partial charge in [-0.2, -0.15) is 0 Å². The zero-order chi connectivity index (χ0) is 20.8. The number of nitrogens with one attached hydrogen (secondary N) is 1. The van der Waals surface area contributed by atoms with Crippen LogP contribution in [-0.2, 0) is 29.2 Å². The quantitative estimate of drug-likeness (QED) is 0.533. The first-order chi connectivity index (χ1) is 14.1. The molecule has 3 rings (SSSR count). The van der Waals surface area contributed by atoms with Crippen molar-refractivity contribution in [3.05, 3.63) is 63.1 Å². The van der Waals surface area contributed by atoms with Crippen LogP contribution in [0.4, 0.5) is 0 Å². The van der Waals surface area contributed by atoms with Crippen molar-refractivity contribution in [1.29, 1.82) is 0 Å². The fourth-order valence-corrected chi connectivity index (χ4v) is 2.99. The zero-order valence-electron chi connectivity index (χ0n) is 16.0. The monoisotopic (exact) mass is 395 g/mol. The molecule has 0 aliphatic carbocycles. The minimum Gasteiger partial charge on any atom is -0.383 e. The Bertz CT molecular complexity index is 1170. The van der Waals surface area contributed by atoms with Crippen LogP contribution in [0, 0.1) is 12.3 Å². The predicted molar refractivity (Wildman–Crippen MR) is 108 cm³/mol. The number of rotatable bonds is 8. The van der Waals surface area contributed by atoms with E-state index in [0.29, 0.717) is 13.2 Å². The highest BCUT2D eigenvalue weighted by molar-refractivity contribution is 5.76. The molecule has 0 aliphatic rings. The number of fused-ring (bicyclic) bond motifs is 1. The van der Waals surface area contributed by atoms with Crippen LogP contribution in [0.2, 0.25) is 0 Å². The second-order valence-corrected chi connectivity index (χ2v) is 6.33. The number of methoxy groups -OCH3 is 1. The van der Waals surface area contributed by atoms with E-state index in [4.69, 9.17) is 11.2 Å². The van der Waals surface area contributed by atoms with Gasteiger partial charge >= 0.3 is 5.69 Å². The molecule has 1 amide bonds. The summed E-state index contributed by atoms with van der Waals surface area (Å²) in [6.45, 7) is 0.545. The number of hydrogen-bond acceptors (Lipinski definition) is 5. The highest BCUT2D eigenvalue weighted by atomic mass is 16.5.